The average molecular weight is 460 g/mol. The van der Waals surface area contributed by atoms with Crippen molar-refractivity contribution in [1.29, 1.82) is 0 Å². The summed E-state index contributed by atoms with van der Waals surface area (Å²) in [5.41, 5.74) is 2.56. The average Bonchev–Trinajstić information content (AvgIpc) is 3.63. The molecule has 1 atom stereocenters. The van der Waals surface area contributed by atoms with Crippen molar-refractivity contribution in [2.45, 2.75) is 50.6 Å². The molecule has 33 heavy (non-hydrogen) atoms. The van der Waals surface area contributed by atoms with Crippen molar-refractivity contribution in [2.24, 2.45) is 5.92 Å². The van der Waals surface area contributed by atoms with Crippen LogP contribution in [0.3, 0.4) is 0 Å². The second-order valence-electron chi connectivity index (χ2n) is 8.98. The van der Waals surface area contributed by atoms with Gasteiger partial charge in [0, 0.05) is 12.6 Å². The van der Waals surface area contributed by atoms with E-state index < -0.39 is 5.92 Å². The number of rotatable bonds is 12. The Morgan fingerprint density at radius 1 is 1.21 bits per heavy atom. The van der Waals surface area contributed by atoms with Crippen LogP contribution < -0.4 is 15.0 Å². The molecule has 178 valence electrons. The highest BCUT2D eigenvalue weighted by molar-refractivity contribution is 5.69. The first-order chi connectivity index (χ1) is 15.9. The van der Waals surface area contributed by atoms with Crippen LogP contribution in [0.1, 0.15) is 36.9 Å². The fourth-order valence-electron chi connectivity index (χ4n) is 3.88. The number of nitrogens with zero attached hydrogens (tertiary/aromatic N) is 2. The third-order valence-electron chi connectivity index (χ3n) is 6.07. The number of aryl methyl sites for hydroxylation is 1. The SMILES string of the molecule is COC(=O)CC(CCc1ccccc1)NCc1ccc(N2CC(F)(F)C2)c(OCC2CC2)n1. The van der Waals surface area contributed by atoms with Crippen LogP contribution in [0.5, 0.6) is 5.88 Å². The van der Waals surface area contributed by atoms with Gasteiger partial charge in [-0.3, -0.25) is 4.79 Å². The molecule has 8 heteroatoms. The van der Waals surface area contributed by atoms with Crippen LogP contribution in [-0.4, -0.2) is 49.7 Å². The fraction of sp³-hybridized carbons (Fsp3) is 0.520. The molecule has 1 aromatic carbocycles. The summed E-state index contributed by atoms with van der Waals surface area (Å²) in [5.74, 6) is -1.99. The minimum Gasteiger partial charge on any atom is -0.476 e. The van der Waals surface area contributed by atoms with Crippen LogP contribution in [-0.2, 0) is 22.5 Å². The van der Waals surface area contributed by atoms with Crippen LogP contribution in [0.15, 0.2) is 42.5 Å². The molecule has 0 radical (unpaired) electrons. The number of alkyl halides is 2. The number of anilines is 1. The minimum absolute atomic E-state index is 0.0796. The molecule has 0 amide bonds. The predicted molar refractivity (Wildman–Crippen MR) is 122 cm³/mol. The fourth-order valence-corrected chi connectivity index (χ4v) is 3.88. The number of hydrogen-bond acceptors (Lipinski definition) is 6. The van der Waals surface area contributed by atoms with E-state index in [1.807, 2.05) is 24.3 Å². The highest BCUT2D eigenvalue weighted by Gasteiger charge is 2.45. The van der Waals surface area contributed by atoms with E-state index in [1.54, 1.807) is 11.0 Å². The molecule has 1 saturated heterocycles. The van der Waals surface area contributed by atoms with E-state index in [9.17, 15) is 13.6 Å². The van der Waals surface area contributed by atoms with Crippen LogP contribution in [0.4, 0.5) is 14.5 Å². The van der Waals surface area contributed by atoms with Gasteiger partial charge in [-0.25, -0.2) is 13.8 Å². The van der Waals surface area contributed by atoms with Gasteiger partial charge in [-0.2, -0.15) is 0 Å². The summed E-state index contributed by atoms with van der Waals surface area (Å²) >= 11 is 0. The number of carbonyl (C=O) groups excluding carboxylic acids is 1. The Labute approximate surface area is 193 Å². The van der Waals surface area contributed by atoms with Gasteiger partial charge in [0.1, 0.15) is 5.69 Å². The first-order valence-corrected chi connectivity index (χ1v) is 11.5. The number of hydrogen-bond donors (Lipinski definition) is 1. The molecule has 2 aromatic rings. The maximum absolute atomic E-state index is 13.4. The van der Waals surface area contributed by atoms with Gasteiger partial charge >= 0.3 is 5.97 Å². The van der Waals surface area contributed by atoms with E-state index in [-0.39, 0.29) is 31.5 Å². The Balaban J connectivity index is 1.40. The molecule has 1 saturated carbocycles. The standard InChI is InChI=1S/C25H31F2N3O3/c1-32-23(31)13-20(10-9-18-5-3-2-4-6-18)28-14-21-11-12-22(30-16-25(26,27)17-30)24(29-21)33-15-19-7-8-19/h2-6,11-12,19-20,28H,7-10,13-17H2,1H3. The molecule has 1 aliphatic carbocycles. The van der Waals surface area contributed by atoms with Gasteiger partial charge < -0.3 is 19.7 Å². The maximum atomic E-state index is 13.4. The summed E-state index contributed by atoms with van der Waals surface area (Å²) in [6.45, 7) is 0.370. The first-order valence-electron chi connectivity index (χ1n) is 11.5. The summed E-state index contributed by atoms with van der Waals surface area (Å²) in [7, 11) is 1.39. The van der Waals surface area contributed by atoms with Gasteiger partial charge in [0.15, 0.2) is 0 Å². The van der Waals surface area contributed by atoms with E-state index in [1.165, 1.54) is 12.7 Å². The van der Waals surface area contributed by atoms with E-state index >= 15 is 0 Å². The number of halogens is 2. The van der Waals surface area contributed by atoms with Crippen molar-refractivity contribution in [3.05, 3.63) is 53.7 Å². The van der Waals surface area contributed by atoms with Crippen LogP contribution >= 0.6 is 0 Å². The van der Waals surface area contributed by atoms with E-state index in [0.29, 0.717) is 30.6 Å². The lowest BCUT2D eigenvalue weighted by Crippen LogP contribution is -2.56. The Morgan fingerprint density at radius 2 is 1.97 bits per heavy atom. The van der Waals surface area contributed by atoms with Gasteiger partial charge in [0.2, 0.25) is 5.88 Å². The Bertz CT molecular complexity index is 930. The Kier molecular flexibility index (Phi) is 7.42. The van der Waals surface area contributed by atoms with Gasteiger partial charge in [-0.1, -0.05) is 30.3 Å². The van der Waals surface area contributed by atoms with Gasteiger partial charge in [0.05, 0.1) is 38.9 Å². The molecule has 4 rings (SSSR count). The number of nitrogens with one attached hydrogen (secondary N) is 1. The Hall–Kier alpha value is -2.74. The van der Waals surface area contributed by atoms with Gasteiger partial charge in [0.25, 0.3) is 5.92 Å². The summed E-state index contributed by atoms with van der Waals surface area (Å²) < 4.78 is 37.6. The number of carbonyl (C=O) groups is 1. The molecule has 2 heterocycles. The highest BCUT2D eigenvalue weighted by Crippen LogP contribution is 2.37. The van der Waals surface area contributed by atoms with Crippen molar-refractivity contribution in [1.82, 2.24) is 10.3 Å². The van der Waals surface area contributed by atoms with Crippen molar-refractivity contribution >= 4 is 11.7 Å². The third kappa shape index (κ3) is 6.87. The highest BCUT2D eigenvalue weighted by atomic mass is 19.3. The predicted octanol–water partition coefficient (Wildman–Crippen LogP) is 3.98. The normalized spacial score (nSPS) is 17.8. The molecule has 2 fully saturated rings. The lowest BCUT2D eigenvalue weighted by Gasteiger charge is -2.40. The molecule has 1 aromatic heterocycles. The number of ether oxygens (including phenoxy) is 2. The minimum atomic E-state index is -2.66. The third-order valence-corrected chi connectivity index (χ3v) is 6.07. The molecule has 0 bridgehead atoms. The quantitative estimate of drug-likeness (QED) is 0.485. The van der Waals surface area contributed by atoms with Crippen molar-refractivity contribution in [3.63, 3.8) is 0 Å². The number of aromatic nitrogens is 1. The van der Waals surface area contributed by atoms with Gasteiger partial charge in [-0.15, -0.1) is 0 Å². The summed E-state index contributed by atoms with van der Waals surface area (Å²) in [6.07, 6.45) is 4.13. The largest absolute Gasteiger partial charge is 0.476 e. The second kappa shape index (κ2) is 10.5. The molecule has 1 aliphatic heterocycles. The van der Waals surface area contributed by atoms with Gasteiger partial charge in [-0.05, 0) is 49.3 Å². The Morgan fingerprint density at radius 3 is 2.64 bits per heavy atom. The summed E-state index contributed by atoms with van der Waals surface area (Å²) in [6, 6.07) is 13.7. The molecular formula is C25H31F2N3O3. The number of benzene rings is 1. The molecule has 6 nitrogen and oxygen atoms in total. The van der Waals surface area contributed by atoms with Crippen molar-refractivity contribution in [3.8, 4) is 5.88 Å². The van der Waals surface area contributed by atoms with Crippen molar-refractivity contribution < 1.29 is 23.0 Å². The van der Waals surface area contributed by atoms with Crippen LogP contribution in [0.25, 0.3) is 0 Å². The monoisotopic (exact) mass is 459 g/mol. The molecule has 2 aliphatic rings. The first kappa shape index (κ1) is 23.4. The van der Waals surface area contributed by atoms with Crippen LogP contribution in [0.2, 0.25) is 0 Å². The number of pyridine rings is 1. The van der Waals surface area contributed by atoms with E-state index in [2.05, 4.69) is 22.4 Å². The van der Waals surface area contributed by atoms with Crippen LogP contribution in [0, 0.1) is 5.92 Å². The smallest absolute Gasteiger partial charge is 0.307 e. The molecular weight excluding hydrogens is 428 g/mol. The number of esters is 1. The topological polar surface area (TPSA) is 63.7 Å². The van der Waals surface area contributed by atoms with Crippen molar-refractivity contribution in [2.75, 3.05) is 31.7 Å². The zero-order chi connectivity index (χ0) is 23.3. The van der Waals surface area contributed by atoms with E-state index in [0.717, 1.165) is 31.4 Å². The molecule has 1 unspecified atom stereocenters. The zero-order valence-corrected chi connectivity index (χ0v) is 18.9. The van der Waals surface area contributed by atoms with E-state index in [4.69, 9.17) is 9.47 Å². The second-order valence-corrected chi connectivity index (χ2v) is 8.98. The zero-order valence-electron chi connectivity index (χ0n) is 18.9. The lowest BCUT2D eigenvalue weighted by molar-refractivity contribution is -0.141. The molecule has 1 N–H and O–H groups in total. The maximum Gasteiger partial charge on any atom is 0.307 e. The summed E-state index contributed by atoms with van der Waals surface area (Å²) in [5, 5.41) is 3.41. The molecule has 0 spiro atoms. The summed E-state index contributed by atoms with van der Waals surface area (Å²) in [4.78, 5) is 18.1. The lowest BCUT2D eigenvalue weighted by atomic mass is 10.0. The number of methoxy groups -OCH3 is 1.